The highest BCUT2D eigenvalue weighted by molar-refractivity contribution is 8.13. The van der Waals surface area contributed by atoms with Crippen LogP contribution in [0.2, 0.25) is 5.02 Å². The molecule has 0 atom stereocenters. The lowest BCUT2D eigenvalue weighted by molar-refractivity contribution is -0.112. The number of hydrogen-bond acceptors (Lipinski definition) is 2. The standard InChI is InChI=1S/C10H9ClOS/c11-8-3-1-2-4-9(8)13-10(12)7-5-6-7/h1-4,7H,5-6H2. The lowest BCUT2D eigenvalue weighted by Gasteiger charge is -2.00. The van der Waals surface area contributed by atoms with E-state index in [0.717, 1.165) is 17.7 Å². The van der Waals surface area contributed by atoms with Crippen LogP contribution in [0.3, 0.4) is 0 Å². The summed E-state index contributed by atoms with van der Waals surface area (Å²) in [4.78, 5) is 12.3. The first-order valence-electron chi connectivity index (χ1n) is 4.23. The van der Waals surface area contributed by atoms with E-state index < -0.39 is 0 Å². The van der Waals surface area contributed by atoms with Crippen LogP contribution >= 0.6 is 23.4 Å². The SMILES string of the molecule is O=C(Sc1ccccc1Cl)C1CC1. The molecular weight excluding hydrogens is 204 g/mol. The molecule has 13 heavy (non-hydrogen) atoms. The van der Waals surface area contributed by atoms with E-state index in [1.54, 1.807) is 0 Å². The minimum absolute atomic E-state index is 0.258. The molecule has 1 aliphatic carbocycles. The number of hydrogen-bond donors (Lipinski definition) is 0. The van der Waals surface area contributed by atoms with Crippen LogP contribution in [-0.2, 0) is 4.79 Å². The predicted molar refractivity (Wildman–Crippen MR) is 55.0 cm³/mol. The molecule has 2 rings (SSSR count). The molecule has 3 heteroatoms. The van der Waals surface area contributed by atoms with Crippen LogP contribution in [0, 0.1) is 5.92 Å². The second-order valence-electron chi connectivity index (χ2n) is 3.13. The normalized spacial score (nSPS) is 15.8. The van der Waals surface area contributed by atoms with Crippen LogP contribution in [0.15, 0.2) is 29.2 Å². The van der Waals surface area contributed by atoms with Crippen molar-refractivity contribution < 1.29 is 4.79 Å². The van der Waals surface area contributed by atoms with Gasteiger partial charge in [-0.3, -0.25) is 4.79 Å². The summed E-state index contributed by atoms with van der Waals surface area (Å²) in [5.74, 6) is 0.293. The zero-order chi connectivity index (χ0) is 9.26. The van der Waals surface area contributed by atoms with Crippen molar-refractivity contribution in [1.82, 2.24) is 0 Å². The summed E-state index contributed by atoms with van der Waals surface area (Å²) in [6.45, 7) is 0. The second kappa shape index (κ2) is 3.72. The van der Waals surface area contributed by atoms with Crippen molar-refractivity contribution in [3.05, 3.63) is 29.3 Å². The Kier molecular flexibility index (Phi) is 2.61. The molecule has 1 aliphatic rings. The van der Waals surface area contributed by atoms with Crippen molar-refractivity contribution >= 4 is 28.5 Å². The van der Waals surface area contributed by atoms with E-state index in [4.69, 9.17) is 11.6 Å². The maximum Gasteiger partial charge on any atom is 0.196 e. The van der Waals surface area contributed by atoms with Gasteiger partial charge in [0.05, 0.1) is 5.02 Å². The molecular formula is C10H9ClOS. The quantitative estimate of drug-likeness (QED) is 0.700. The summed E-state index contributed by atoms with van der Waals surface area (Å²) in [5, 5.41) is 0.926. The molecule has 0 aliphatic heterocycles. The van der Waals surface area contributed by atoms with E-state index in [0.29, 0.717) is 10.9 Å². The van der Waals surface area contributed by atoms with Crippen molar-refractivity contribution in [2.24, 2.45) is 5.92 Å². The Bertz CT molecular complexity index is 333. The number of carbonyl (C=O) groups is 1. The Balaban J connectivity index is 2.08. The highest BCUT2D eigenvalue weighted by atomic mass is 35.5. The maximum atomic E-state index is 11.4. The molecule has 0 N–H and O–H groups in total. The molecule has 68 valence electrons. The molecule has 1 fully saturated rings. The zero-order valence-electron chi connectivity index (χ0n) is 7.00. The highest BCUT2D eigenvalue weighted by Crippen LogP contribution is 2.38. The fraction of sp³-hybridized carbons (Fsp3) is 0.300. The van der Waals surface area contributed by atoms with Gasteiger partial charge in [-0.2, -0.15) is 0 Å². The first-order valence-corrected chi connectivity index (χ1v) is 5.43. The molecule has 1 aromatic rings. The van der Waals surface area contributed by atoms with Gasteiger partial charge in [-0.05, 0) is 25.0 Å². The third-order valence-electron chi connectivity index (χ3n) is 1.96. The van der Waals surface area contributed by atoms with Crippen LogP contribution in [0.25, 0.3) is 0 Å². The Morgan fingerprint density at radius 1 is 1.38 bits per heavy atom. The maximum absolute atomic E-state index is 11.4. The minimum Gasteiger partial charge on any atom is -0.287 e. The van der Waals surface area contributed by atoms with Gasteiger partial charge in [0, 0.05) is 10.8 Å². The molecule has 0 aromatic heterocycles. The van der Waals surface area contributed by atoms with E-state index in [-0.39, 0.29) is 5.12 Å². The van der Waals surface area contributed by atoms with Crippen LogP contribution in [-0.4, -0.2) is 5.12 Å². The molecule has 0 spiro atoms. The van der Waals surface area contributed by atoms with Crippen LogP contribution < -0.4 is 0 Å². The molecule has 1 saturated carbocycles. The number of thioether (sulfide) groups is 1. The number of rotatable bonds is 2. The van der Waals surface area contributed by atoms with Gasteiger partial charge in [0.25, 0.3) is 0 Å². The van der Waals surface area contributed by atoms with Crippen molar-refractivity contribution in [2.75, 3.05) is 0 Å². The monoisotopic (exact) mass is 212 g/mol. The van der Waals surface area contributed by atoms with Crippen LogP contribution in [0.5, 0.6) is 0 Å². The predicted octanol–water partition coefficient (Wildman–Crippen LogP) is 3.37. The van der Waals surface area contributed by atoms with Gasteiger partial charge in [-0.25, -0.2) is 0 Å². The van der Waals surface area contributed by atoms with Gasteiger partial charge in [-0.1, -0.05) is 35.5 Å². The van der Waals surface area contributed by atoms with Gasteiger partial charge in [0.1, 0.15) is 0 Å². The van der Waals surface area contributed by atoms with Crippen molar-refractivity contribution in [1.29, 1.82) is 0 Å². The Morgan fingerprint density at radius 2 is 2.08 bits per heavy atom. The molecule has 1 aromatic carbocycles. The largest absolute Gasteiger partial charge is 0.287 e. The molecule has 0 radical (unpaired) electrons. The topological polar surface area (TPSA) is 17.1 Å². The van der Waals surface area contributed by atoms with Gasteiger partial charge in [0.2, 0.25) is 0 Å². The lowest BCUT2D eigenvalue weighted by atomic mass is 10.4. The molecule has 0 bridgehead atoms. The second-order valence-corrected chi connectivity index (χ2v) is 4.58. The molecule has 0 unspecified atom stereocenters. The van der Waals surface area contributed by atoms with E-state index in [9.17, 15) is 4.79 Å². The van der Waals surface area contributed by atoms with Gasteiger partial charge < -0.3 is 0 Å². The third-order valence-corrected chi connectivity index (χ3v) is 3.51. The Morgan fingerprint density at radius 3 is 2.69 bits per heavy atom. The van der Waals surface area contributed by atoms with Crippen molar-refractivity contribution in [2.45, 2.75) is 17.7 Å². The average Bonchev–Trinajstić information content (AvgIpc) is 2.91. The fourth-order valence-electron chi connectivity index (χ4n) is 1.04. The first kappa shape index (κ1) is 9.10. The van der Waals surface area contributed by atoms with Gasteiger partial charge in [0.15, 0.2) is 5.12 Å². The smallest absolute Gasteiger partial charge is 0.196 e. The summed E-state index contributed by atoms with van der Waals surface area (Å²) in [7, 11) is 0. The van der Waals surface area contributed by atoms with Gasteiger partial charge >= 0.3 is 0 Å². The molecule has 1 nitrogen and oxygen atoms in total. The van der Waals surface area contributed by atoms with E-state index in [2.05, 4.69) is 0 Å². The number of halogens is 1. The molecule has 0 saturated heterocycles. The summed E-state index contributed by atoms with van der Waals surface area (Å²) in [5.41, 5.74) is 0. The lowest BCUT2D eigenvalue weighted by Crippen LogP contribution is -1.92. The van der Waals surface area contributed by atoms with Crippen molar-refractivity contribution in [3.63, 3.8) is 0 Å². The van der Waals surface area contributed by atoms with Gasteiger partial charge in [-0.15, -0.1) is 0 Å². The number of benzene rings is 1. The van der Waals surface area contributed by atoms with Crippen LogP contribution in [0.4, 0.5) is 0 Å². The Labute approximate surface area is 86.5 Å². The summed E-state index contributed by atoms with van der Waals surface area (Å²) >= 11 is 7.19. The van der Waals surface area contributed by atoms with E-state index in [1.165, 1.54) is 11.8 Å². The molecule has 0 amide bonds. The summed E-state index contributed by atoms with van der Waals surface area (Å²) in [6.07, 6.45) is 2.10. The van der Waals surface area contributed by atoms with E-state index >= 15 is 0 Å². The average molecular weight is 213 g/mol. The number of carbonyl (C=O) groups excluding carboxylic acids is 1. The third kappa shape index (κ3) is 2.26. The van der Waals surface area contributed by atoms with Crippen molar-refractivity contribution in [3.8, 4) is 0 Å². The first-order chi connectivity index (χ1) is 6.27. The summed E-state index contributed by atoms with van der Waals surface area (Å²) in [6, 6.07) is 7.46. The fourth-order valence-corrected chi connectivity index (χ4v) is 2.22. The minimum atomic E-state index is 0.258. The molecule has 0 heterocycles. The summed E-state index contributed by atoms with van der Waals surface area (Å²) < 4.78 is 0. The van der Waals surface area contributed by atoms with Crippen LogP contribution in [0.1, 0.15) is 12.8 Å². The highest BCUT2D eigenvalue weighted by Gasteiger charge is 2.30. The zero-order valence-corrected chi connectivity index (χ0v) is 8.57. The Hall–Kier alpha value is -0.470. The van der Waals surface area contributed by atoms with E-state index in [1.807, 2.05) is 24.3 Å².